The lowest BCUT2D eigenvalue weighted by Crippen LogP contribution is -2.16. The largest absolute Gasteiger partial charge is 0.490 e. The first-order valence-corrected chi connectivity index (χ1v) is 10.3. The van der Waals surface area contributed by atoms with Gasteiger partial charge in [0.15, 0.2) is 23.3 Å². The van der Waals surface area contributed by atoms with Crippen LogP contribution in [-0.4, -0.2) is 42.0 Å². The first-order chi connectivity index (χ1) is 13.4. The zero-order chi connectivity index (χ0) is 20.7. The molecule has 0 unspecified atom stereocenters. The van der Waals surface area contributed by atoms with E-state index in [-0.39, 0.29) is 24.5 Å². The van der Waals surface area contributed by atoms with Gasteiger partial charge < -0.3 is 19.2 Å². The van der Waals surface area contributed by atoms with E-state index in [4.69, 9.17) is 14.2 Å². The number of ether oxygens (including phenoxy) is 3. The van der Waals surface area contributed by atoms with E-state index in [0.717, 1.165) is 0 Å². The Hall–Kier alpha value is -2.51. The quantitative estimate of drug-likeness (QED) is 0.357. The maximum atomic E-state index is 12.2. The van der Waals surface area contributed by atoms with Crippen molar-refractivity contribution >= 4 is 33.7 Å². The lowest BCUT2D eigenvalue weighted by atomic mass is 10.1. The van der Waals surface area contributed by atoms with Gasteiger partial charge in [-0.1, -0.05) is 11.8 Å². The third kappa shape index (κ3) is 5.05. The van der Waals surface area contributed by atoms with E-state index in [1.807, 2.05) is 6.07 Å². The fraction of sp³-hybridized carbons (Fsp3) is 0.333. The first-order valence-electron chi connectivity index (χ1n) is 8.28. The zero-order valence-electron chi connectivity index (χ0n) is 15.5. The van der Waals surface area contributed by atoms with Gasteiger partial charge >= 0.3 is 5.97 Å². The standard InChI is InChI=1S/C18H18BrN3O5S/c1-4-25-13-7-10(6-12(19)16(13)27-9-14(23)26-5-2)15-11(8-20)17(24)22-18(21-15)28-3/h6-7H,4-5,9H2,1-3H3,(H,21,22,24). The van der Waals surface area contributed by atoms with Crippen LogP contribution in [0, 0.1) is 11.3 Å². The molecule has 1 heterocycles. The molecule has 2 aromatic rings. The summed E-state index contributed by atoms with van der Waals surface area (Å²) in [6, 6.07) is 5.15. The van der Waals surface area contributed by atoms with E-state index < -0.39 is 11.5 Å². The Labute approximate surface area is 174 Å². The molecule has 0 bridgehead atoms. The number of aromatic nitrogens is 2. The molecule has 0 spiro atoms. The first kappa shape index (κ1) is 21.8. The number of hydrogen-bond donors (Lipinski definition) is 1. The summed E-state index contributed by atoms with van der Waals surface area (Å²) in [5, 5.41) is 9.77. The van der Waals surface area contributed by atoms with E-state index in [2.05, 4.69) is 25.9 Å². The Kier molecular flexibility index (Phi) is 7.90. The van der Waals surface area contributed by atoms with E-state index in [0.29, 0.717) is 33.3 Å². The van der Waals surface area contributed by atoms with Gasteiger partial charge in [0.1, 0.15) is 11.6 Å². The summed E-state index contributed by atoms with van der Waals surface area (Å²) in [4.78, 5) is 30.7. The SMILES string of the molecule is CCOC(=O)COc1c(Br)cc(-c2nc(SC)[nH]c(=O)c2C#N)cc1OCC. The van der Waals surface area contributed by atoms with Crippen LogP contribution < -0.4 is 15.0 Å². The van der Waals surface area contributed by atoms with Crippen molar-refractivity contribution in [3.8, 4) is 28.8 Å². The fourth-order valence-corrected chi connectivity index (χ4v) is 3.24. The highest BCUT2D eigenvalue weighted by molar-refractivity contribution is 9.10. The summed E-state index contributed by atoms with van der Waals surface area (Å²) in [6.07, 6.45) is 1.77. The van der Waals surface area contributed by atoms with Crippen LogP contribution in [0.5, 0.6) is 11.5 Å². The lowest BCUT2D eigenvalue weighted by molar-refractivity contribution is -0.145. The topological polar surface area (TPSA) is 114 Å². The molecule has 0 amide bonds. The van der Waals surface area contributed by atoms with Crippen LogP contribution in [0.15, 0.2) is 26.6 Å². The Morgan fingerprint density at radius 3 is 2.68 bits per heavy atom. The molecule has 0 saturated carbocycles. The maximum Gasteiger partial charge on any atom is 0.344 e. The number of esters is 1. The number of carbonyl (C=O) groups excluding carboxylic acids is 1. The van der Waals surface area contributed by atoms with Gasteiger partial charge in [0, 0.05) is 5.56 Å². The van der Waals surface area contributed by atoms with Crippen LogP contribution in [0.2, 0.25) is 0 Å². The smallest absolute Gasteiger partial charge is 0.344 e. The summed E-state index contributed by atoms with van der Waals surface area (Å²) in [5.41, 5.74) is 0.104. The Balaban J connectivity index is 2.54. The van der Waals surface area contributed by atoms with Gasteiger partial charge in [-0.05, 0) is 48.2 Å². The van der Waals surface area contributed by atoms with Gasteiger partial charge in [-0.2, -0.15) is 5.26 Å². The van der Waals surface area contributed by atoms with Gasteiger partial charge in [0.05, 0.1) is 23.4 Å². The van der Waals surface area contributed by atoms with Crippen LogP contribution in [-0.2, 0) is 9.53 Å². The van der Waals surface area contributed by atoms with Crippen molar-refractivity contribution in [1.29, 1.82) is 5.26 Å². The molecule has 1 aromatic carbocycles. The van der Waals surface area contributed by atoms with E-state index in [1.54, 1.807) is 32.2 Å². The molecule has 0 saturated heterocycles. The average Bonchev–Trinajstić information content (AvgIpc) is 2.66. The molecule has 0 radical (unpaired) electrons. The van der Waals surface area contributed by atoms with E-state index >= 15 is 0 Å². The number of nitrogens with zero attached hydrogens (tertiary/aromatic N) is 2. The second-order valence-corrected chi connectivity index (χ2v) is 6.87. The number of nitriles is 1. The number of hydrogen-bond acceptors (Lipinski definition) is 8. The van der Waals surface area contributed by atoms with Crippen LogP contribution in [0.4, 0.5) is 0 Å². The number of aromatic amines is 1. The Morgan fingerprint density at radius 1 is 1.32 bits per heavy atom. The number of benzene rings is 1. The van der Waals surface area contributed by atoms with Crippen LogP contribution >= 0.6 is 27.7 Å². The average molecular weight is 468 g/mol. The fourth-order valence-electron chi connectivity index (χ4n) is 2.30. The molecule has 0 aliphatic heterocycles. The highest BCUT2D eigenvalue weighted by atomic mass is 79.9. The van der Waals surface area contributed by atoms with Crippen LogP contribution in [0.3, 0.4) is 0 Å². The Morgan fingerprint density at radius 2 is 2.07 bits per heavy atom. The zero-order valence-corrected chi connectivity index (χ0v) is 17.9. The normalized spacial score (nSPS) is 10.2. The number of carbonyl (C=O) groups is 1. The van der Waals surface area contributed by atoms with E-state index in [1.165, 1.54) is 11.8 Å². The predicted molar refractivity (Wildman–Crippen MR) is 108 cm³/mol. The molecule has 0 aliphatic rings. The minimum Gasteiger partial charge on any atom is -0.490 e. The molecular weight excluding hydrogens is 450 g/mol. The summed E-state index contributed by atoms with van der Waals surface area (Å²) < 4.78 is 16.5. The minimum atomic E-state index is -0.520. The highest BCUT2D eigenvalue weighted by Crippen LogP contribution is 2.40. The maximum absolute atomic E-state index is 12.2. The number of rotatable bonds is 8. The van der Waals surface area contributed by atoms with Crippen molar-refractivity contribution in [3.05, 3.63) is 32.5 Å². The molecule has 0 fully saturated rings. The van der Waals surface area contributed by atoms with Crippen LogP contribution in [0.25, 0.3) is 11.3 Å². The molecule has 148 valence electrons. The van der Waals surface area contributed by atoms with Crippen molar-refractivity contribution < 1.29 is 19.0 Å². The second-order valence-electron chi connectivity index (χ2n) is 5.22. The molecule has 1 N–H and O–H groups in total. The third-order valence-corrected chi connectivity index (χ3v) is 4.59. The molecule has 0 atom stereocenters. The van der Waals surface area contributed by atoms with Crippen molar-refractivity contribution in [3.63, 3.8) is 0 Å². The van der Waals surface area contributed by atoms with E-state index in [9.17, 15) is 14.9 Å². The summed E-state index contributed by atoms with van der Waals surface area (Å²) in [6.45, 7) is 3.82. The van der Waals surface area contributed by atoms with Gasteiger partial charge in [0.25, 0.3) is 5.56 Å². The van der Waals surface area contributed by atoms with Crippen molar-refractivity contribution in [2.45, 2.75) is 19.0 Å². The number of H-pyrrole nitrogens is 1. The van der Waals surface area contributed by atoms with Crippen molar-refractivity contribution in [2.24, 2.45) is 0 Å². The highest BCUT2D eigenvalue weighted by Gasteiger charge is 2.19. The number of halogens is 1. The van der Waals surface area contributed by atoms with Crippen molar-refractivity contribution in [1.82, 2.24) is 9.97 Å². The van der Waals surface area contributed by atoms with Gasteiger partial charge in [-0.25, -0.2) is 9.78 Å². The third-order valence-electron chi connectivity index (χ3n) is 3.43. The van der Waals surface area contributed by atoms with Gasteiger partial charge in [-0.3, -0.25) is 4.79 Å². The molecule has 1 aromatic heterocycles. The summed E-state index contributed by atoms with van der Waals surface area (Å²) >= 11 is 4.65. The molecule has 2 rings (SSSR count). The monoisotopic (exact) mass is 467 g/mol. The molecule has 0 aliphatic carbocycles. The second kappa shape index (κ2) is 10.1. The molecule has 10 heteroatoms. The molecular formula is C18H18BrN3O5S. The summed E-state index contributed by atoms with van der Waals surface area (Å²) in [7, 11) is 0. The number of thioether (sulfide) groups is 1. The van der Waals surface area contributed by atoms with Gasteiger partial charge in [0.2, 0.25) is 0 Å². The molecule has 8 nitrogen and oxygen atoms in total. The van der Waals surface area contributed by atoms with Gasteiger partial charge in [-0.15, -0.1) is 0 Å². The molecule has 28 heavy (non-hydrogen) atoms. The van der Waals surface area contributed by atoms with Crippen LogP contribution in [0.1, 0.15) is 19.4 Å². The lowest BCUT2D eigenvalue weighted by Gasteiger charge is -2.15. The predicted octanol–water partition coefficient (Wildman–Crippen LogP) is 3.13. The summed E-state index contributed by atoms with van der Waals surface area (Å²) in [5.74, 6) is 0.147. The Bertz CT molecular complexity index is 971. The minimum absolute atomic E-state index is 0.104. The van der Waals surface area contributed by atoms with Crippen molar-refractivity contribution in [2.75, 3.05) is 26.1 Å². The number of nitrogens with one attached hydrogen (secondary N) is 1.